The molecule has 1 saturated carbocycles. The summed E-state index contributed by atoms with van der Waals surface area (Å²) >= 11 is 0. The second-order valence-electron chi connectivity index (χ2n) is 6.61. The predicted octanol–water partition coefficient (Wildman–Crippen LogP) is 2.27. The molecule has 0 aromatic heterocycles. The van der Waals surface area contributed by atoms with Crippen molar-refractivity contribution in [3.05, 3.63) is 0 Å². The number of hydrogen-bond donors (Lipinski definition) is 3. The SMILES string of the molecule is CCC[C@@H](CC1(C(=O)O)CCC(C(=O)O)C1)C(C)NC(C)=O. The fourth-order valence-corrected chi connectivity index (χ4v) is 3.64. The molecule has 4 atom stereocenters. The number of carbonyl (C=O) groups excluding carboxylic acids is 1. The van der Waals surface area contributed by atoms with Crippen LogP contribution in [-0.4, -0.2) is 34.1 Å². The molecule has 1 fully saturated rings. The van der Waals surface area contributed by atoms with Gasteiger partial charge in [0.05, 0.1) is 11.3 Å². The van der Waals surface area contributed by atoms with E-state index in [-0.39, 0.29) is 24.3 Å². The van der Waals surface area contributed by atoms with Crippen molar-refractivity contribution < 1.29 is 24.6 Å². The zero-order valence-corrected chi connectivity index (χ0v) is 13.6. The number of aliphatic carboxylic acids is 2. The van der Waals surface area contributed by atoms with E-state index in [0.717, 1.165) is 12.8 Å². The first-order valence-corrected chi connectivity index (χ1v) is 7.95. The van der Waals surface area contributed by atoms with Gasteiger partial charge >= 0.3 is 11.9 Å². The molecule has 0 saturated heterocycles. The maximum atomic E-state index is 11.8. The topological polar surface area (TPSA) is 104 Å². The summed E-state index contributed by atoms with van der Waals surface area (Å²) in [4.78, 5) is 34.2. The second kappa shape index (κ2) is 7.61. The van der Waals surface area contributed by atoms with Crippen molar-refractivity contribution in [3.63, 3.8) is 0 Å². The van der Waals surface area contributed by atoms with Gasteiger partial charge < -0.3 is 15.5 Å². The van der Waals surface area contributed by atoms with Crippen LogP contribution < -0.4 is 5.32 Å². The smallest absolute Gasteiger partial charge is 0.309 e. The Morgan fingerprint density at radius 1 is 1.32 bits per heavy atom. The summed E-state index contributed by atoms with van der Waals surface area (Å²) in [5.74, 6) is -2.49. The van der Waals surface area contributed by atoms with E-state index >= 15 is 0 Å². The molecule has 0 bridgehead atoms. The van der Waals surface area contributed by atoms with Crippen LogP contribution >= 0.6 is 0 Å². The zero-order valence-electron chi connectivity index (χ0n) is 13.6. The van der Waals surface area contributed by atoms with Gasteiger partial charge in [0.15, 0.2) is 0 Å². The van der Waals surface area contributed by atoms with Crippen molar-refractivity contribution >= 4 is 17.8 Å². The van der Waals surface area contributed by atoms with E-state index in [0.29, 0.717) is 19.3 Å². The summed E-state index contributed by atoms with van der Waals surface area (Å²) in [6, 6.07) is -0.113. The lowest BCUT2D eigenvalue weighted by atomic mass is 9.74. The van der Waals surface area contributed by atoms with Crippen LogP contribution in [0.5, 0.6) is 0 Å². The van der Waals surface area contributed by atoms with Crippen LogP contribution in [0.2, 0.25) is 0 Å². The van der Waals surface area contributed by atoms with E-state index in [9.17, 15) is 19.5 Å². The summed E-state index contributed by atoms with van der Waals surface area (Å²) in [6.45, 7) is 5.36. The van der Waals surface area contributed by atoms with Crippen LogP contribution in [0, 0.1) is 17.3 Å². The third kappa shape index (κ3) is 4.45. The molecule has 1 rings (SSSR count). The van der Waals surface area contributed by atoms with E-state index in [1.54, 1.807) is 0 Å². The van der Waals surface area contributed by atoms with Crippen molar-refractivity contribution in [3.8, 4) is 0 Å². The first-order valence-electron chi connectivity index (χ1n) is 7.95. The third-order valence-electron chi connectivity index (χ3n) is 4.86. The molecule has 126 valence electrons. The lowest BCUT2D eigenvalue weighted by molar-refractivity contribution is -0.150. The standard InChI is InChI=1S/C16H27NO5/c1-4-5-12(10(2)17-11(3)18)8-16(15(21)22)7-6-13(9-16)14(19)20/h10,12-13H,4-9H2,1-3H3,(H,17,18)(H,19,20)(H,21,22)/t10?,12-,13?,16?/m0/s1. The van der Waals surface area contributed by atoms with Crippen LogP contribution in [0.1, 0.15) is 59.3 Å². The minimum absolute atomic E-state index is 0.0394. The third-order valence-corrected chi connectivity index (χ3v) is 4.86. The van der Waals surface area contributed by atoms with Crippen molar-refractivity contribution in [1.29, 1.82) is 0 Å². The molecule has 0 spiro atoms. The molecule has 1 aliphatic carbocycles. The van der Waals surface area contributed by atoms with Gasteiger partial charge in [-0.1, -0.05) is 13.3 Å². The Bertz CT molecular complexity index is 436. The van der Waals surface area contributed by atoms with Gasteiger partial charge in [-0.15, -0.1) is 0 Å². The number of carboxylic acid groups (broad SMARTS) is 2. The van der Waals surface area contributed by atoms with Gasteiger partial charge in [0, 0.05) is 13.0 Å². The normalized spacial score (nSPS) is 27.1. The highest BCUT2D eigenvalue weighted by molar-refractivity contribution is 5.78. The van der Waals surface area contributed by atoms with Gasteiger partial charge in [-0.05, 0) is 44.9 Å². The monoisotopic (exact) mass is 313 g/mol. The number of carbonyl (C=O) groups is 3. The minimum atomic E-state index is -0.977. The molecule has 0 radical (unpaired) electrons. The molecule has 3 unspecified atom stereocenters. The quantitative estimate of drug-likeness (QED) is 0.638. The van der Waals surface area contributed by atoms with Crippen LogP contribution in [0.4, 0.5) is 0 Å². The average molecular weight is 313 g/mol. The highest BCUT2D eigenvalue weighted by Gasteiger charge is 2.49. The van der Waals surface area contributed by atoms with E-state index in [1.165, 1.54) is 6.92 Å². The number of carboxylic acids is 2. The zero-order chi connectivity index (χ0) is 16.9. The van der Waals surface area contributed by atoms with E-state index in [2.05, 4.69) is 5.32 Å². The fraction of sp³-hybridized carbons (Fsp3) is 0.812. The first-order chi connectivity index (χ1) is 10.2. The molecule has 22 heavy (non-hydrogen) atoms. The predicted molar refractivity (Wildman–Crippen MR) is 81.3 cm³/mol. The van der Waals surface area contributed by atoms with Crippen LogP contribution in [0.25, 0.3) is 0 Å². The molecular formula is C16H27NO5. The van der Waals surface area contributed by atoms with Crippen LogP contribution in [-0.2, 0) is 14.4 Å². The summed E-state index contributed by atoms with van der Waals surface area (Å²) < 4.78 is 0. The maximum Gasteiger partial charge on any atom is 0.309 e. The molecule has 1 amide bonds. The Kier molecular flexibility index (Phi) is 6.38. The Morgan fingerprint density at radius 2 is 1.95 bits per heavy atom. The molecule has 0 aromatic rings. The van der Waals surface area contributed by atoms with Crippen molar-refractivity contribution in [1.82, 2.24) is 5.32 Å². The van der Waals surface area contributed by atoms with E-state index in [1.807, 2.05) is 13.8 Å². The van der Waals surface area contributed by atoms with Crippen molar-refractivity contribution in [2.24, 2.45) is 17.3 Å². The van der Waals surface area contributed by atoms with Gasteiger partial charge in [-0.2, -0.15) is 0 Å². The van der Waals surface area contributed by atoms with E-state index in [4.69, 9.17) is 5.11 Å². The molecule has 0 heterocycles. The summed E-state index contributed by atoms with van der Waals surface area (Å²) in [6.07, 6.45) is 3.12. The molecule has 0 aromatic carbocycles. The lowest BCUT2D eigenvalue weighted by Gasteiger charge is -2.33. The molecule has 3 N–H and O–H groups in total. The fourth-order valence-electron chi connectivity index (χ4n) is 3.64. The molecule has 1 aliphatic rings. The summed E-state index contributed by atoms with van der Waals surface area (Å²) in [5.41, 5.74) is -0.977. The highest BCUT2D eigenvalue weighted by Crippen LogP contribution is 2.47. The Balaban J connectivity index is 2.89. The molecule has 0 aliphatic heterocycles. The van der Waals surface area contributed by atoms with Crippen molar-refractivity contribution in [2.75, 3.05) is 0 Å². The largest absolute Gasteiger partial charge is 0.481 e. The Morgan fingerprint density at radius 3 is 2.36 bits per heavy atom. The van der Waals surface area contributed by atoms with Gasteiger partial charge in [0.25, 0.3) is 0 Å². The minimum Gasteiger partial charge on any atom is -0.481 e. The molecule has 6 heteroatoms. The first kappa shape index (κ1) is 18.5. The Labute approximate surface area is 131 Å². The van der Waals surface area contributed by atoms with Crippen LogP contribution in [0.3, 0.4) is 0 Å². The maximum absolute atomic E-state index is 11.8. The van der Waals surface area contributed by atoms with Gasteiger partial charge in [-0.3, -0.25) is 14.4 Å². The summed E-state index contributed by atoms with van der Waals surface area (Å²) in [7, 11) is 0. The highest BCUT2D eigenvalue weighted by atomic mass is 16.4. The molecular weight excluding hydrogens is 286 g/mol. The molecule has 6 nitrogen and oxygen atoms in total. The Hall–Kier alpha value is -1.59. The number of hydrogen-bond acceptors (Lipinski definition) is 3. The summed E-state index contributed by atoms with van der Waals surface area (Å²) in [5, 5.41) is 21.7. The average Bonchev–Trinajstić information content (AvgIpc) is 2.83. The second-order valence-corrected chi connectivity index (χ2v) is 6.61. The van der Waals surface area contributed by atoms with Gasteiger partial charge in [-0.25, -0.2) is 0 Å². The van der Waals surface area contributed by atoms with Crippen LogP contribution in [0.15, 0.2) is 0 Å². The number of rotatable bonds is 8. The number of amides is 1. The van der Waals surface area contributed by atoms with Gasteiger partial charge in [0.1, 0.15) is 0 Å². The van der Waals surface area contributed by atoms with E-state index < -0.39 is 23.3 Å². The van der Waals surface area contributed by atoms with Crippen molar-refractivity contribution in [2.45, 2.75) is 65.3 Å². The van der Waals surface area contributed by atoms with Gasteiger partial charge in [0.2, 0.25) is 5.91 Å². The lowest BCUT2D eigenvalue weighted by Crippen LogP contribution is -2.41. The number of nitrogens with one attached hydrogen (secondary N) is 1.